The van der Waals surface area contributed by atoms with Gasteiger partial charge in [-0.1, -0.05) is 48.5 Å². The molecule has 0 fully saturated rings. The van der Waals surface area contributed by atoms with Crippen molar-refractivity contribution in [3.8, 4) is 22.3 Å². The topological polar surface area (TPSA) is 27.1 Å². The molecule has 3 nitrogen and oxygen atoms in total. The largest absolute Gasteiger partial charge is 0.378 e. The summed E-state index contributed by atoms with van der Waals surface area (Å²) in [4.78, 5) is 0. The maximum atomic E-state index is 5.28. The number of rotatable bonds is 4. The molecule has 0 aliphatic rings. The van der Waals surface area contributed by atoms with E-state index >= 15 is 0 Å². The summed E-state index contributed by atoms with van der Waals surface area (Å²) in [5.74, 6) is 0. The third-order valence-electron chi connectivity index (χ3n) is 3.62. The molecule has 0 N–H and O–H groups in total. The molecule has 0 radical (unpaired) electrons. The van der Waals surface area contributed by atoms with Gasteiger partial charge in [0, 0.05) is 19.7 Å². The van der Waals surface area contributed by atoms with Gasteiger partial charge in [-0.3, -0.25) is 4.68 Å². The minimum atomic E-state index is 0.557. The molecule has 0 aliphatic heterocycles. The summed E-state index contributed by atoms with van der Waals surface area (Å²) < 4.78 is 7.15. The van der Waals surface area contributed by atoms with Crippen LogP contribution in [0.3, 0.4) is 0 Å². The number of hydrogen-bond acceptors (Lipinski definition) is 2. The Balaban J connectivity index is 2.05. The maximum Gasteiger partial charge on any atom is 0.0887 e. The monoisotopic (exact) mass is 278 g/mol. The Labute approximate surface area is 124 Å². The van der Waals surface area contributed by atoms with Gasteiger partial charge < -0.3 is 4.74 Å². The van der Waals surface area contributed by atoms with Gasteiger partial charge in [0.15, 0.2) is 0 Å². The Morgan fingerprint density at radius 2 is 1.67 bits per heavy atom. The molecule has 21 heavy (non-hydrogen) atoms. The van der Waals surface area contributed by atoms with Gasteiger partial charge in [-0.05, 0) is 22.8 Å². The van der Waals surface area contributed by atoms with Gasteiger partial charge in [-0.25, -0.2) is 0 Å². The number of methoxy groups -OCH3 is 1. The molecule has 3 rings (SSSR count). The first-order valence-corrected chi connectivity index (χ1v) is 6.95. The number of aryl methyl sites for hydroxylation is 1. The lowest BCUT2D eigenvalue weighted by Crippen LogP contribution is -2.00. The van der Waals surface area contributed by atoms with Crippen molar-refractivity contribution in [2.45, 2.75) is 6.61 Å². The van der Waals surface area contributed by atoms with E-state index in [-0.39, 0.29) is 0 Å². The van der Waals surface area contributed by atoms with E-state index in [1.165, 1.54) is 11.1 Å². The van der Waals surface area contributed by atoms with Crippen LogP contribution in [-0.2, 0) is 18.4 Å². The third kappa shape index (κ3) is 2.73. The summed E-state index contributed by atoms with van der Waals surface area (Å²) in [6.07, 6.45) is 1.90. The molecule has 0 aliphatic carbocycles. The highest BCUT2D eigenvalue weighted by Crippen LogP contribution is 2.28. The summed E-state index contributed by atoms with van der Waals surface area (Å²) in [5.41, 5.74) is 5.80. The van der Waals surface area contributed by atoms with E-state index in [2.05, 4.69) is 53.6 Å². The fourth-order valence-electron chi connectivity index (χ4n) is 2.51. The molecule has 0 saturated heterocycles. The molecule has 0 spiro atoms. The van der Waals surface area contributed by atoms with Gasteiger partial charge >= 0.3 is 0 Å². The van der Waals surface area contributed by atoms with Crippen molar-refractivity contribution in [2.24, 2.45) is 7.05 Å². The second-order valence-electron chi connectivity index (χ2n) is 5.01. The smallest absolute Gasteiger partial charge is 0.0887 e. The van der Waals surface area contributed by atoms with Crippen molar-refractivity contribution < 1.29 is 4.74 Å². The van der Waals surface area contributed by atoms with Gasteiger partial charge in [0.2, 0.25) is 0 Å². The Kier molecular flexibility index (Phi) is 3.84. The highest BCUT2D eigenvalue weighted by atomic mass is 16.5. The summed E-state index contributed by atoms with van der Waals surface area (Å²) in [7, 11) is 3.65. The second-order valence-corrected chi connectivity index (χ2v) is 5.01. The van der Waals surface area contributed by atoms with Crippen LogP contribution in [-0.4, -0.2) is 16.9 Å². The molecule has 0 atom stereocenters. The van der Waals surface area contributed by atoms with Crippen molar-refractivity contribution in [1.29, 1.82) is 0 Å². The van der Waals surface area contributed by atoms with E-state index < -0.39 is 0 Å². The van der Waals surface area contributed by atoms with Gasteiger partial charge in [-0.15, -0.1) is 0 Å². The lowest BCUT2D eigenvalue weighted by atomic mass is 9.99. The van der Waals surface area contributed by atoms with Crippen LogP contribution < -0.4 is 0 Å². The molecular weight excluding hydrogens is 260 g/mol. The zero-order chi connectivity index (χ0) is 14.7. The van der Waals surface area contributed by atoms with E-state index in [1.807, 2.05) is 24.0 Å². The average molecular weight is 278 g/mol. The molecule has 0 unspecified atom stereocenters. The molecule has 3 aromatic rings. The number of ether oxygens (including phenoxy) is 1. The second kappa shape index (κ2) is 5.94. The zero-order valence-corrected chi connectivity index (χ0v) is 12.3. The number of benzene rings is 2. The van der Waals surface area contributed by atoms with E-state index in [4.69, 9.17) is 4.74 Å². The summed E-state index contributed by atoms with van der Waals surface area (Å²) >= 11 is 0. The maximum absolute atomic E-state index is 5.28. The van der Waals surface area contributed by atoms with Crippen LogP contribution in [0, 0.1) is 0 Å². The summed E-state index contributed by atoms with van der Waals surface area (Å²) in [5, 5.41) is 4.35. The predicted molar refractivity (Wildman–Crippen MR) is 84.8 cm³/mol. The van der Waals surface area contributed by atoms with Crippen molar-refractivity contribution in [3.63, 3.8) is 0 Å². The third-order valence-corrected chi connectivity index (χ3v) is 3.62. The Bertz CT molecular complexity index is 732. The normalized spacial score (nSPS) is 10.8. The fraction of sp³-hybridized carbons (Fsp3) is 0.167. The minimum Gasteiger partial charge on any atom is -0.378 e. The lowest BCUT2D eigenvalue weighted by molar-refractivity contribution is 0.178. The van der Waals surface area contributed by atoms with Gasteiger partial charge in [0.05, 0.1) is 18.5 Å². The van der Waals surface area contributed by atoms with Crippen molar-refractivity contribution in [1.82, 2.24) is 9.78 Å². The van der Waals surface area contributed by atoms with E-state index in [0.717, 1.165) is 16.8 Å². The molecule has 106 valence electrons. The Morgan fingerprint density at radius 3 is 2.43 bits per heavy atom. The van der Waals surface area contributed by atoms with Crippen molar-refractivity contribution in [3.05, 3.63) is 66.5 Å². The molecule has 3 heteroatoms. The first-order valence-electron chi connectivity index (χ1n) is 6.95. The molecule has 0 saturated carbocycles. The van der Waals surface area contributed by atoms with Crippen LogP contribution in [0.5, 0.6) is 0 Å². The molecule has 0 bridgehead atoms. The molecule has 1 aromatic heterocycles. The molecule has 0 amide bonds. The van der Waals surface area contributed by atoms with Crippen LogP contribution in [0.2, 0.25) is 0 Å². The minimum absolute atomic E-state index is 0.557. The van der Waals surface area contributed by atoms with Crippen LogP contribution in [0.25, 0.3) is 22.3 Å². The van der Waals surface area contributed by atoms with Crippen LogP contribution in [0.15, 0.2) is 60.8 Å². The van der Waals surface area contributed by atoms with Gasteiger partial charge in [0.1, 0.15) is 0 Å². The van der Waals surface area contributed by atoms with Gasteiger partial charge in [-0.2, -0.15) is 5.10 Å². The summed E-state index contributed by atoms with van der Waals surface area (Å²) in [6.45, 7) is 0.557. The first kappa shape index (κ1) is 13.6. The quantitative estimate of drug-likeness (QED) is 0.723. The average Bonchev–Trinajstić information content (AvgIpc) is 2.90. The van der Waals surface area contributed by atoms with Gasteiger partial charge in [0.25, 0.3) is 0 Å². The fourth-order valence-corrected chi connectivity index (χ4v) is 2.51. The highest BCUT2D eigenvalue weighted by Gasteiger charge is 2.11. The SMILES string of the molecule is COCc1c(-c2cccc(-c3ccccc3)c2)cnn1C. The zero-order valence-electron chi connectivity index (χ0n) is 12.3. The number of hydrogen-bond donors (Lipinski definition) is 0. The lowest BCUT2D eigenvalue weighted by Gasteiger charge is -2.07. The van der Waals surface area contributed by atoms with Crippen LogP contribution in [0.1, 0.15) is 5.69 Å². The number of nitrogens with zero attached hydrogens (tertiary/aromatic N) is 2. The van der Waals surface area contributed by atoms with E-state index in [0.29, 0.717) is 6.61 Å². The van der Waals surface area contributed by atoms with E-state index in [9.17, 15) is 0 Å². The predicted octanol–water partition coefficient (Wildman–Crippen LogP) is 3.90. The molecule has 2 aromatic carbocycles. The van der Waals surface area contributed by atoms with Crippen molar-refractivity contribution >= 4 is 0 Å². The Hall–Kier alpha value is -2.39. The van der Waals surface area contributed by atoms with Crippen LogP contribution >= 0.6 is 0 Å². The Morgan fingerprint density at radius 1 is 0.952 bits per heavy atom. The molecule has 1 heterocycles. The van der Waals surface area contributed by atoms with E-state index in [1.54, 1.807) is 7.11 Å². The molecular formula is C18H18N2O. The summed E-state index contributed by atoms with van der Waals surface area (Å²) in [6, 6.07) is 18.9. The highest BCUT2D eigenvalue weighted by molar-refractivity contribution is 5.73. The van der Waals surface area contributed by atoms with Crippen molar-refractivity contribution in [2.75, 3.05) is 7.11 Å². The standard InChI is InChI=1S/C18H18N2O/c1-20-18(13-21-2)17(12-19-20)16-10-6-9-15(11-16)14-7-4-3-5-8-14/h3-12H,13H2,1-2H3. The number of aromatic nitrogens is 2. The van der Waals surface area contributed by atoms with Crippen LogP contribution in [0.4, 0.5) is 0 Å². The first-order chi connectivity index (χ1) is 10.3.